The largest absolute Gasteiger partial charge is 0.491 e. The minimum absolute atomic E-state index is 0.139. The lowest BCUT2D eigenvalue weighted by atomic mass is 10.0. The Morgan fingerprint density at radius 3 is 2.30 bits per heavy atom. The molecule has 2 aromatic rings. The SMILES string of the molecule is Cc1cc(C(O)c2ccc(OC(C)C)cc2)c(C)nn1. The molecule has 0 spiro atoms. The van der Waals surface area contributed by atoms with Crippen LogP contribution in [0.15, 0.2) is 30.3 Å². The summed E-state index contributed by atoms with van der Waals surface area (Å²) in [4.78, 5) is 0. The molecule has 4 nitrogen and oxygen atoms in total. The molecule has 0 saturated carbocycles. The molecule has 106 valence electrons. The third kappa shape index (κ3) is 3.33. The molecule has 1 aromatic carbocycles. The van der Waals surface area contributed by atoms with Gasteiger partial charge in [0.1, 0.15) is 11.9 Å². The first-order valence-corrected chi connectivity index (χ1v) is 6.73. The second-order valence-corrected chi connectivity index (χ2v) is 5.16. The van der Waals surface area contributed by atoms with Gasteiger partial charge in [-0.2, -0.15) is 10.2 Å². The molecule has 20 heavy (non-hydrogen) atoms. The van der Waals surface area contributed by atoms with E-state index in [9.17, 15) is 5.11 Å². The number of ether oxygens (including phenoxy) is 1. The average Bonchev–Trinajstić information content (AvgIpc) is 2.41. The van der Waals surface area contributed by atoms with E-state index in [-0.39, 0.29) is 6.10 Å². The van der Waals surface area contributed by atoms with Crippen LogP contribution in [-0.2, 0) is 0 Å². The predicted octanol–water partition coefficient (Wildman–Crippen LogP) is 2.96. The van der Waals surface area contributed by atoms with Crippen LogP contribution in [-0.4, -0.2) is 21.4 Å². The molecule has 1 unspecified atom stereocenters. The fourth-order valence-corrected chi connectivity index (χ4v) is 2.03. The van der Waals surface area contributed by atoms with Gasteiger partial charge < -0.3 is 9.84 Å². The average molecular weight is 272 g/mol. The van der Waals surface area contributed by atoms with Crippen LogP contribution >= 0.6 is 0 Å². The van der Waals surface area contributed by atoms with E-state index in [1.165, 1.54) is 0 Å². The van der Waals surface area contributed by atoms with Crippen LogP contribution < -0.4 is 4.74 Å². The Hall–Kier alpha value is -1.94. The van der Waals surface area contributed by atoms with Crippen molar-refractivity contribution in [3.63, 3.8) is 0 Å². The van der Waals surface area contributed by atoms with E-state index in [1.54, 1.807) is 0 Å². The van der Waals surface area contributed by atoms with Crippen molar-refractivity contribution in [2.24, 2.45) is 0 Å². The highest BCUT2D eigenvalue weighted by Crippen LogP contribution is 2.25. The molecule has 1 atom stereocenters. The lowest BCUT2D eigenvalue weighted by molar-refractivity contribution is 0.217. The molecule has 0 aliphatic carbocycles. The molecule has 0 radical (unpaired) electrons. The number of rotatable bonds is 4. The van der Waals surface area contributed by atoms with Gasteiger partial charge in [0.05, 0.1) is 17.5 Å². The zero-order valence-electron chi connectivity index (χ0n) is 12.3. The van der Waals surface area contributed by atoms with Gasteiger partial charge in [-0.05, 0) is 51.5 Å². The van der Waals surface area contributed by atoms with E-state index in [4.69, 9.17) is 4.74 Å². The van der Waals surface area contributed by atoms with Gasteiger partial charge in [0.15, 0.2) is 0 Å². The second kappa shape index (κ2) is 6.01. The molecule has 2 rings (SSSR count). The minimum atomic E-state index is -0.697. The van der Waals surface area contributed by atoms with Crippen LogP contribution in [0.5, 0.6) is 5.75 Å². The molecular weight excluding hydrogens is 252 g/mol. The monoisotopic (exact) mass is 272 g/mol. The molecular formula is C16H20N2O2. The smallest absolute Gasteiger partial charge is 0.119 e. The Labute approximate surface area is 119 Å². The fourth-order valence-electron chi connectivity index (χ4n) is 2.03. The van der Waals surface area contributed by atoms with Crippen molar-refractivity contribution in [2.75, 3.05) is 0 Å². The normalized spacial score (nSPS) is 12.5. The molecule has 1 N–H and O–H groups in total. The summed E-state index contributed by atoms with van der Waals surface area (Å²) < 4.78 is 5.59. The topological polar surface area (TPSA) is 55.2 Å². The molecule has 0 aliphatic heterocycles. The summed E-state index contributed by atoms with van der Waals surface area (Å²) >= 11 is 0. The number of benzene rings is 1. The number of hydrogen-bond donors (Lipinski definition) is 1. The molecule has 1 aromatic heterocycles. The first kappa shape index (κ1) is 14.5. The lowest BCUT2D eigenvalue weighted by Crippen LogP contribution is -2.07. The van der Waals surface area contributed by atoms with Gasteiger partial charge in [0, 0.05) is 5.56 Å². The maximum atomic E-state index is 10.5. The van der Waals surface area contributed by atoms with Crippen molar-refractivity contribution in [1.82, 2.24) is 10.2 Å². The van der Waals surface area contributed by atoms with Crippen molar-refractivity contribution < 1.29 is 9.84 Å². The summed E-state index contributed by atoms with van der Waals surface area (Å²) in [5, 5.41) is 18.5. The third-order valence-corrected chi connectivity index (χ3v) is 3.00. The molecule has 0 saturated heterocycles. The van der Waals surface area contributed by atoms with E-state index in [0.717, 1.165) is 28.3 Å². The first-order chi connectivity index (χ1) is 9.47. The van der Waals surface area contributed by atoms with Gasteiger partial charge in [-0.25, -0.2) is 0 Å². The Balaban J connectivity index is 2.24. The number of aryl methyl sites for hydroxylation is 2. The van der Waals surface area contributed by atoms with Crippen molar-refractivity contribution >= 4 is 0 Å². The molecule has 0 aliphatic rings. The zero-order chi connectivity index (χ0) is 14.7. The molecule has 0 fully saturated rings. The van der Waals surface area contributed by atoms with Crippen LogP contribution in [0.2, 0.25) is 0 Å². The Kier molecular flexibility index (Phi) is 4.35. The molecule has 0 amide bonds. The lowest BCUT2D eigenvalue weighted by Gasteiger charge is -2.15. The van der Waals surface area contributed by atoms with Crippen molar-refractivity contribution in [3.8, 4) is 5.75 Å². The third-order valence-electron chi connectivity index (χ3n) is 3.00. The standard InChI is InChI=1S/C16H20N2O2/c1-10(2)20-14-7-5-13(6-8-14)16(19)15-9-11(3)17-18-12(15)4/h5-10,16,19H,1-4H3. The highest BCUT2D eigenvalue weighted by Gasteiger charge is 2.14. The molecule has 1 heterocycles. The van der Waals surface area contributed by atoms with Gasteiger partial charge in [-0.15, -0.1) is 0 Å². The quantitative estimate of drug-likeness (QED) is 0.929. The molecule has 0 bridgehead atoms. The summed E-state index contributed by atoms with van der Waals surface area (Å²) in [5.41, 5.74) is 3.14. The number of aliphatic hydroxyl groups is 1. The number of hydrogen-bond acceptors (Lipinski definition) is 4. The number of nitrogens with zero attached hydrogens (tertiary/aromatic N) is 2. The summed E-state index contributed by atoms with van der Waals surface area (Å²) in [7, 11) is 0. The van der Waals surface area contributed by atoms with Crippen molar-refractivity contribution in [2.45, 2.75) is 39.9 Å². The van der Waals surface area contributed by atoms with Gasteiger partial charge >= 0.3 is 0 Å². The number of aromatic nitrogens is 2. The van der Waals surface area contributed by atoms with Crippen molar-refractivity contribution in [3.05, 3.63) is 52.8 Å². The zero-order valence-corrected chi connectivity index (χ0v) is 12.3. The number of aliphatic hydroxyl groups excluding tert-OH is 1. The summed E-state index contributed by atoms with van der Waals surface area (Å²) in [6.45, 7) is 7.68. The van der Waals surface area contributed by atoms with Crippen LogP contribution in [0.4, 0.5) is 0 Å². The Bertz CT molecular complexity index is 580. The summed E-state index contributed by atoms with van der Waals surface area (Å²) in [5.74, 6) is 0.803. The Morgan fingerprint density at radius 1 is 1.05 bits per heavy atom. The van der Waals surface area contributed by atoms with E-state index in [2.05, 4.69) is 10.2 Å². The molecule has 4 heteroatoms. The fraction of sp³-hybridized carbons (Fsp3) is 0.375. The van der Waals surface area contributed by atoms with E-state index < -0.39 is 6.10 Å². The van der Waals surface area contributed by atoms with Gasteiger partial charge in [-0.3, -0.25) is 0 Å². The highest BCUT2D eigenvalue weighted by molar-refractivity contribution is 5.35. The van der Waals surface area contributed by atoms with Crippen molar-refractivity contribution in [1.29, 1.82) is 0 Å². The van der Waals surface area contributed by atoms with Crippen LogP contribution in [0.3, 0.4) is 0 Å². The predicted molar refractivity (Wildman–Crippen MR) is 77.8 cm³/mol. The highest BCUT2D eigenvalue weighted by atomic mass is 16.5. The van der Waals surface area contributed by atoms with Gasteiger partial charge in [-0.1, -0.05) is 12.1 Å². The van der Waals surface area contributed by atoms with Gasteiger partial charge in [0.25, 0.3) is 0 Å². The summed E-state index contributed by atoms with van der Waals surface area (Å²) in [6.07, 6.45) is -0.558. The second-order valence-electron chi connectivity index (χ2n) is 5.16. The van der Waals surface area contributed by atoms with E-state index in [1.807, 2.05) is 58.0 Å². The Morgan fingerprint density at radius 2 is 1.70 bits per heavy atom. The van der Waals surface area contributed by atoms with E-state index in [0.29, 0.717) is 0 Å². The first-order valence-electron chi connectivity index (χ1n) is 6.73. The van der Waals surface area contributed by atoms with Gasteiger partial charge in [0.2, 0.25) is 0 Å². The maximum absolute atomic E-state index is 10.5. The van der Waals surface area contributed by atoms with Crippen LogP contribution in [0, 0.1) is 13.8 Å². The minimum Gasteiger partial charge on any atom is -0.491 e. The maximum Gasteiger partial charge on any atom is 0.119 e. The van der Waals surface area contributed by atoms with Crippen LogP contribution in [0.25, 0.3) is 0 Å². The van der Waals surface area contributed by atoms with Crippen LogP contribution in [0.1, 0.15) is 42.5 Å². The van der Waals surface area contributed by atoms with E-state index >= 15 is 0 Å². The summed E-state index contributed by atoms with van der Waals surface area (Å²) in [6, 6.07) is 9.35.